The molecule has 1 aromatic carbocycles. The van der Waals surface area contributed by atoms with Gasteiger partial charge in [0.1, 0.15) is 0 Å². The fourth-order valence-corrected chi connectivity index (χ4v) is 1.75. The van der Waals surface area contributed by atoms with Crippen molar-refractivity contribution in [3.05, 3.63) is 59.9 Å². The number of benzene rings is 1. The highest BCUT2D eigenvalue weighted by atomic mass is 16.2. The number of pyridine rings is 1. The first-order chi connectivity index (χ1) is 10.6. The molecule has 0 atom stereocenters. The Morgan fingerprint density at radius 2 is 1.86 bits per heavy atom. The highest BCUT2D eigenvalue weighted by molar-refractivity contribution is 6.39. The summed E-state index contributed by atoms with van der Waals surface area (Å²) >= 11 is 0. The maximum absolute atomic E-state index is 12.2. The van der Waals surface area contributed by atoms with E-state index in [-0.39, 0.29) is 17.2 Å². The lowest BCUT2D eigenvalue weighted by molar-refractivity contribution is -0.134. The Kier molecular flexibility index (Phi) is 4.81. The Morgan fingerprint density at radius 3 is 2.55 bits per heavy atom. The van der Waals surface area contributed by atoms with Crippen LogP contribution >= 0.6 is 0 Å². The molecule has 0 saturated carbocycles. The first kappa shape index (κ1) is 15.2. The summed E-state index contributed by atoms with van der Waals surface area (Å²) in [4.78, 5) is 38.3. The molecule has 22 heavy (non-hydrogen) atoms. The van der Waals surface area contributed by atoms with E-state index < -0.39 is 11.8 Å². The molecule has 7 heteroatoms. The quantitative estimate of drug-likeness (QED) is 0.710. The molecule has 1 heterocycles. The zero-order valence-electron chi connectivity index (χ0n) is 11.6. The van der Waals surface area contributed by atoms with Crippen LogP contribution in [0.15, 0.2) is 48.8 Å². The average Bonchev–Trinajstić information content (AvgIpc) is 2.54. The molecule has 112 valence electrons. The van der Waals surface area contributed by atoms with Crippen molar-refractivity contribution in [2.24, 2.45) is 5.73 Å². The summed E-state index contributed by atoms with van der Waals surface area (Å²) in [5, 5.41) is 5.01. The minimum atomic E-state index is -1.12. The summed E-state index contributed by atoms with van der Waals surface area (Å²) < 4.78 is 0. The summed E-state index contributed by atoms with van der Waals surface area (Å²) in [6.07, 6.45) is 3.28. The predicted octanol–water partition coefficient (Wildman–Crippen LogP) is 0.435. The van der Waals surface area contributed by atoms with Crippen molar-refractivity contribution in [2.45, 2.75) is 6.54 Å². The molecule has 0 bridgehead atoms. The second-order valence-corrected chi connectivity index (χ2v) is 4.41. The van der Waals surface area contributed by atoms with E-state index in [4.69, 9.17) is 5.73 Å². The molecular formula is C15H14N4O3. The lowest BCUT2D eigenvalue weighted by Gasteiger charge is -2.10. The van der Waals surface area contributed by atoms with Gasteiger partial charge in [0.2, 0.25) is 0 Å². The topological polar surface area (TPSA) is 114 Å². The van der Waals surface area contributed by atoms with Crippen molar-refractivity contribution in [2.75, 3.05) is 5.32 Å². The summed E-state index contributed by atoms with van der Waals surface area (Å²) in [6, 6.07) is 9.93. The van der Waals surface area contributed by atoms with Crippen molar-refractivity contribution >= 4 is 23.4 Å². The number of rotatable bonds is 4. The van der Waals surface area contributed by atoms with Crippen molar-refractivity contribution < 1.29 is 14.4 Å². The molecule has 2 rings (SSSR count). The van der Waals surface area contributed by atoms with Gasteiger partial charge in [0, 0.05) is 18.9 Å². The number of hydrogen-bond acceptors (Lipinski definition) is 4. The second kappa shape index (κ2) is 6.98. The number of hydrogen-bond donors (Lipinski definition) is 3. The molecule has 0 unspecified atom stereocenters. The molecule has 0 fully saturated rings. The molecule has 0 aliphatic rings. The predicted molar refractivity (Wildman–Crippen MR) is 79.7 cm³/mol. The van der Waals surface area contributed by atoms with Gasteiger partial charge < -0.3 is 16.4 Å². The van der Waals surface area contributed by atoms with Crippen LogP contribution in [0.5, 0.6) is 0 Å². The number of nitrogens with one attached hydrogen (secondary N) is 2. The van der Waals surface area contributed by atoms with Crippen LogP contribution in [0.2, 0.25) is 0 Å². The van der Waals surface area contributed by atoms with Crippen LogP contribution in [-0.2, 0) is 16.1 Å². The van der Waals surface area contributed by atoms with Gasteiger partial charge in [-0.3, -0.25) is 19.4 Å². The van der Waals surface area contributed by atoms with E-state index in [1.54, 1.807) is 30.6 Å². The summed E-state index contributed by atoms with van der Waals surface area (Å²) in [5.74, 6) is -2.48. The van der Waals surface area contributed by atoms with Crippen molar-refractivity contribution in [1.82, 2.24) is 10.3 Å². The van der Waals surface area contributed by atoms with Crippen LogP contribution in [0.3, 0.4) is 0 Å². The molecule has 0 radical (unpaired) electrons. The standard InChI is InChI=1S/C15H14N4O3/c16-13(20)15(22)19-12-6-2-1-5-11(12)14(21)18-9-10-4-3-7-17-8-10/h1-8H,9H2,(H2,16,20)(H,18,21)(H,19,22). The number of primary amides is 1. The van der Waals surface area contributed by atoms with Crippen LogP contribution < -0.4 is 16.4 Å². The zero-order valence-corrected chi connectivity index (χ0v) is 11.6. The molecule has 4 N–H and O–H groups in total. The fraction of sp³-hybridized carbons (Fsp3) is 0.0667. The number of para-hydroxylation sites is 1. The van der Waals surface area contributed by atoms with Gasteiger partial charge in [-0.05, 0) is 23.8 Å². The average molecular weight is 298 g/mol. The van der Waals surface area contributed by atoms with Crippen LogP contribution in [0.25, 0.3) is 0 Å². The zero-order chi connectivity index (χ0) is 15.9. The van der Waals surface area contributed by atoms with Gasteiger partial charge in [-0.1, -0.05) is 18.2 Å². The smallest absolute Gasteiger partial charge is 0.313 e. The molecular weight excluding hydrogens is 284 g/mol. The molecule has 3 amide bonds. The SMILES string of the molecule is NC(=O)C(=O)Nc1ccccc1C(=O)NCc1cccnc1. The minimum absolute atomic E-state index is 0.218. The summed E-state index contributed by atoms with van der Waals surface area (Å²) in [5.41, 5.74) is 6.18. The van der Waals surface area contributed by atoms with Gasteiger partial charge in [0.15, 0.2) is 0 Å². The molecule has 0 aliphatic carbocycles. The third-order valence-corrected chi connectivity index (χ3v) is 2.82. The number of carbonyl (C=O) groups is 3. The van der Waals surface area contributed by atoms with Crippen LogP contribution in [0.4, 0.5) is 5.69 Å². The largest absolute Gasteiger partial charge is 0.361 e. The van der Waals surface area contributed by atoms with Gasteiger partial charge in [0.25, 0.3) is 5.91 Å². The molecule has 2 aromatic rings. The molecule has 0 aliphatic heterocycles. The monoisotopic (exact) mass is 298 g/mol. The van der Waals surface area contributed by atoms with E-state index in [0.29, 0.717) is 6.54 Å². The Labute approximate surface area is 126 Å². The fourth-order valence-electron chi connectivity index (χ4n) is 1.75. The van der Waals surface area contributed by atoms with Crippen molar-refractivity contribution in [3.8, 4) is 0 Å². The lowest BCUT2D eigenvalue weighted by atomic mass is 10.1. The number of aromatic nitrogens is 1. The maximum Gasteiger partial charge on any atom is 0.313 e. The molecule has 7 nitrogen and oxygen atoms in total. The van der Waals surface area contributed by atoms with Gasteiger partial charge in [0.05, 0.1) is 11.3 Å². The summed E-state index contributed by atoms with van der Waals surface area (Å²) in [6.45, 7) is 0.296. The van der Waals surface area contributed by atoms with E-state index in [9.17, 15) is 14.4 Å². The number of amides is 3. The van der Waals surface area contributed by atoms with Gasteiger partial charge >= 0.3 is 11.8 Å². The van der Waals surface area contributed by atoms with Crippen molar-refractivity contribution in [1.29, 1.82) is 0 Å². The number of nitrogens with zero attached hydrogens (tertiary/aromatic N) is 1. The third kappa shape index (κ3) is 3.89. The van der Waals surface area contributed by atoms with Crippen molar-refractivity contribution in [3.63, 3.8) is 0 Å². The number of anilines is 1. The Balaban J connectivity index is 2.09. The first-order valence-electron chi connectivity index (χ1n) is 6.45. The highest BCUT2D eigenvalue weighted by Crippen LogP contribution is 2.15. The maximum atomic E-state index is 12.2. The van der Waals surface area contributed by atoms with Gasteiger partial charge in [-0.2, -0.15) is 0 Å². The number of carbonyl (C=O) groups excluding carboxylic acids is 3. The highest BCUT2D eigenvalue weighted by Gasteiger charge is 2.15. The third-order valence-electron chi connectivity index (χ3n) is 2.82. The van der Waals surface area contributed by atoms with E-state index in [1.165, 1.54) is 12.1 Å². The Hall–Kier alpha value is -3.22. The molecule has 0 saturated heterocycles. The minimum Gasteiger partial charge on any atom is -0.361 e. The van der Waals surface area contributed by atoms with Crippen LogP contribution in [0.1, 0.15) is 15.9 Å². The Morgan fingerprint density at radius 1 is 1.09 bits per heavy atom. The van der Waals surface area contributed by atoms with Crippen LogP contribution in [-0.4, -0.2) is 22.7 Å². The van der Waals surface area contributed by atoms with E-state index in [1.807, 2.05) is 6.07 Å². The Bertz CT molecular complexity index is 701. The normalized spacial score (nSPS) is 9.82. The second-order valence-electron chi connectivity index (χ2n) is 4.41. The number of nitrogens with two attached hydrogens (primary N) is 1. The summed E-state index contributed by atoms with van der Waals surface area (Å²) in [7, 11) is 0. The first-order valence-corrected chi connectivity index (χ1v) is 6.45. The van der Waals surface area contributed by atoms with E-state index in [2.05, 4.69) is 15.6 Å². The molecule has 0 spiro atoms. The lowest BCUT2D eigenvalue weighted by Crippen LogP contribution is -2.31. The van der Waals surface area contributed by atoms with E-state index in [0.717, 1.165) is 5.56 Å². The van der Waals surface area contributed by atoms with Gasteiger partial charge in [-0.15, -0.1) is 0 Å². The molecule has 1 aromatic heterocycles. The van der Waals surface area contributed by atoms with Crippen LogP contribution in [0, 0.1) is 0 Å². The van der Waals surface area contributed by atoms with Gasteiger partial charge in [-0.25, -0.2) is 0 Å². The van der Waals surface area contributed by atoms with E-state index >= 15 is 0 Å².